The van der Waals surface area contributed by atoms with Gasteiger partial charge in [-0.25, -0.2) is 8.42 Å². The number of hydrogen-bond acceptors (Lipinski definition) is 5. The van der Waals surface area contributed by atoms with Crippen LogP contribution in [0.3, 0.4) is 0 Å². The number of Topliss-reactive ketones (excluding diaryl/α,β-unsaturated/α-hetero) is 1. The fraction of sp³-hybridized carbons (Fsp3) is 0.632. The fourth-order valence-electron chi connectivity index (χ4n) is 3.90. The van der Waals surface area contributed by atoms with Gasteiger partial charge in [0.2, 0.25) is 10.0 Å². The summed E-state index contributed by atoms with van der Waals surface area (Å²) in [7, 11) is -3.96. The molecule has 162 valence electrons. The summed E-state index contributed by atoms with van der Waals surface area (Å²) in [6, 6.07) is 3.91. The highest BCUT2D eigenvalue weighted by molar-refractivity contribution is 7.89. The summed E-state index contributed by atoms with van der Waals surface area (Å²) in [5.41, 5.74) is -1.50. The van der Waals surface area contributed by atoms with Crippen molar-refractivity contribution in [2.24, 2.45) is 0 Å². The van der Waals surface area contributed by atoms with Crippen LogP contribution >= 0.6 is 0 Å². The molecule has 10 heteroatoms. The highest BCUT2D eigenvalue weighted by atomic mass is 32.2. The van der Waals surface area contributed by atoms with Gasteiger partial charge in [-0.2, -0.15) is 17.5 Å². The van der Waals surface area contributed by atoms with Gasteiger partial charge in [0, 0.05) is 38.0 Å². The molecule has 3 rings (SSSR count). The van der Waals surface area contributed by atoms with Crippen molar-refractivity contribution in [3.8, 4) is 0 Å². The van der Waals surface area contributed by atoms with E-state index < -0.39 is 33.3 Å². The summed E-state index contributed by atoms with van der Waals surface area (Å²) in [4.78, 5) is 13.5. The predicted octanol–water partition coefficient (Wildman–Crippen LogP) is 3.04. The normalized spacial score (nSPS) is 21.0. The first-order chi connectivity index (χ1) is 13.6. The molecule has 0 bridgehead atoms. The predicted molar refractivity (Wildman–Crippen MR) is 100.0 cm³/mol. The lowest BCUT2D eigenvalue weighted by atomic mass is 10.0. The van der Waals surface area contributed by atoms with E-state index in [1.807, 2.05) is 0 Å². The number of ketones is 1. The van der Waals surface area contributed by atoms with Crippen molar-refractivity contribution in [3.63, 3.8) is 0 Å². The number of likely N-dealkylation sites (tertiary alicyclic amines) is 1. The SMILES string of the molecule is CCCCN1CCC2(CC1)OCCN2S(=O)(=O)c1ccc(C(=O)C(F)(F)F)cc1. The monoisotopic (exact) mass is 434 g/mol. The zero-order valence-corrected chi connectivity index (χ0v) is 17.1. The zero-order chi connectivity index (χ0) is 21.3. The summed E-state index contributed by atoms with van der Waals surface area (Å²) in [5, 5.41) is 0. The van der Waals surface area contributed by atoms with Crippen LogP contribution in [-0.2, 0) is 14.8 Å². The lowest BCUT2D eigenvalue weighted by molar-refractivity contribution is -0.0906. The molecule has 0 N–H and O–H groups in total. The van der Waals surface area contributed by atoms with E-state index in [4.69, 9.17) is 4.74 Å². The molecule has 2 fully saturated rings. The van der Waals surface area contributed by atoms with Crippen LogP contribution in [0.4, 0.5) is 13.2 Å². The number of benzene rings is 1. The Morgan fingerprint density at radius 2 is 1.76 bits per heavy atom. The van der Waals surface area contributed by atoms with Gasteiger partial charge in [0.1, 0.15) is 5.72 Å². The minimum Gasteiger partial charge on any atom is -0.358 e. The first-order valence-electron chi connectivity index (χ1n) is 9.71. The molecule has 2 aliphatic heterocycles. The van der Waals surface area contributed by atoms with Gasteiger partial charge in [-0.05, 0) is 37.2 Å². The largest absolute Gasteiger partial charge is 0.454 e. The van der Waals surface area contributed by atoms with E-state index in [9.17, 15) is 26.4 Å². The number of hydrogen-bond donors (Lipinski definition) is 0. The standard InChI is InChI=1S/C19H25F3N2O4S/c1-2-3-10-23-11-8-18(9-12-23)24(13-14-28-18)29(26,27)16-6-4-15(5-7-16)17(25)19(20,21)22/h4-7H,2-3,8-14H2,1H3. The van der Waals surface area contributed by atoms with Crippen LogP contribution in [0.25, 0.3) is 0 Å². The summed E-state index contributed by atoms with van der Waals surface area (Å²) in [5.74, 6) is -2.00. The molecule has 2 saturated heterocycles. The molecular weight excluding hydrogens is 409 g/mol. The average Bonchev–Trinajstić information content (AvgIpc) is 3.10. The second-order valence-corrected chi connectivity index (χ2v) is 9.28. The molecule has 1 spiro atoms. The summed E-state index contributed by atoms with van der Waals surface area (Å²) >= 11 is 0. The second-order valence-electron chi connectivity index (χ2n) is 7.42. The Labute approximate surface area is 168 Å². The maximum absolute atomic E-state index is 13.2. The highest BCUT2D eigenvalue weighted by Gasteiger charge is 2.50. The van der Waals surface area contributed by atoms with Crippen molar-refractivity contribution in [3.05, 3.63) is 29.8 Å². The van der Waals surface area contributed by atoms with Crippen molar-refractivity contribution in [1.82, 2.24) is 9.21 Å². The summed E-state index contributed by atoms with van der Waals surface area (Å²) < 4.78 is 71.2. The van der Waals surface area contributed by atoms with E-state index in [2.05, 4.69) is 11.8 Å². The molecule has 0 unspecified atom stereocenters. The number of nitrogens with zero attached hydrogens (tertiary/aromatic N) is 2. The van der Waals surface area contributed by atoms with Crippen molar-refractivity contribution in [2.45, 2.75) is 49.4 Å². The van der Waals surface area contributed by atoms with E-state index in [0.29, 0.717) is 12.8 Å². The van der Waals surface area contributed by atoms with E-state index in [0.717, 1.165) is 56.7 Å². The third-order valence-corrected chi connectivity index (χ3v) is 7.51. The molecule has 6 nitrogen and oxygen atoms in total. The summed E-state index contributed by atoms with van der Waals surface area (Å²) in [6.45, 7) is 5.01. The highest BCUT2D eigenvalue weighted by Crippen LogP contribution is 2.38. The second kappa shape index (κ2) is 8.33. The number of carbonyl (C=O) groups is 1. The van der Waals surface area contributed by atoms with Crippen LogP contribution in [0.5, 0.6) is 0 Å². The number of halogens is 3. The van der Waals surface area contributed by atoms with E-state index in [1.54, 1.807) is 0 Å². The molecule has 2 heterocycles. The van der Waals surface area contributed by atoms with Crippen molar-refractivity contribution in [1.29, 1.82) is 0 Å². The fourth-order valence-corrected chi connectivity index (χ4v) is 5.63. The molecule has 0 aromatic heterocycles. The van der Waals surface area contributed by atoms with Gasteiger partial charge >= 0.3 is 6.18 Å². The van der Waals surface area contributed by atoms with Crippen LogP contribution in [-0.4, -0.2) is 68.1 Å². The number of ether oxygens (including phenoxy) is 1. The molecule has 2 aliphatic rings. The van der Waals surface area contributed by atoms with Crippen LogP contribution in [0, 0.1) is 0 Å². The molecule has 0 saturated carbocycles. The topological polar surface area (TPSA) is 66.9 Å². The smallest absolute Gasteiger partial charge is 0.358 e. The van der Waals surface area contributed by atoms with Gasteiger partial charge in [0.25, 0.3) is 5.78 Å². The van der Waals surface area contributed by atoms with E-state index >= 15 is 0 Å². The minimum absolute atomic E-state index is 0.144. The number of rotatable bonds is 6. The Kier molecular flexibility index (Phi) is 6.38. The number of carbonyl (C=O) groups excluding carboxylic acids is 1. The van der Waals surface area contributed by atoms with Gasteiger partial charge in [0.15, 0.2) is 0 Å². The molecule has 0 atom stereocenters. The molecule has 1 aromatic rings. The molecule has 0 aliphatic carbocycles. The van der Waals surface area contributed by atoms with Gasteiger partial charge in [-0.3, -0.25) is 4.79 Å². The van der Waals surface area contributed by atoms with Crippen LogP contribution in [0.1, 0.15) is 43.0 Å². The maximum atomic E-state index is 13.2. The van der Waals surface area contributed by atoms with Crippen LogP contribution < -0.4 is 0 Å². The molecule has 0 radical (unpaired) electrons. The number of alkyl halides is 3. The van der Waals surface area contributed by atoms with Crippen molar-refractivity contribution in [2.75, 3.05) is 32.8 Å². The van der Waals surface area contributed by atoms with Gasteiger partial charge in [0.05, 0.1) is 11.5 Å². The van der Waals surface area contributed by atoms with E-state index in [-0.39, 0.29) is 18.0 Å². The number of piperidine rings is 1. The van der Waals surface area contributed by atoms with Crippen molar-refractivity contribution >= 4 is 15.8 Å². The number of sulfonamides is 1. The van der Waals surface area contributed by atoms with Crippen LogP contribution in [0.15, 0.2) is 29.2 Å². The van der Waals surface area contributed by atoms with Crippen molar-refractivity contribution < 1.29 is 31.1 Å². The van der Waals surface area contributed by atoms with Crippen LogP contribution in [0.2, 0.25) is 0 Å². The number of unbranched alkanes of at least 4 members (excludes halogenated alkanes) is 1. The first kappa shape index (κ1) is 22.2. The Hall–Kier alpha value is -1.49. The average molecular weight is 434 g/mol. The lowest BCUT2D eigenvalue weighted by Crippen LogP contribution is -2.54. The Balaban J connectivity index is 1.77. The Bertz CT molecular complexity index is 832. The van der Waals surface area contributed by atoms with Gasteiger partial charge in [-0.15, -0.1) is 0 Å². The molecule has 29 heavy (non-hydrogen) atoms. The van der Waals surface area contributed by atoms with Gasteiger partial charge in [-0.1, -0.05) is 13.3 Å². The maximum Gasteiger partial charge on any atom is 0.454 e. The Morgan fingerprint density at radius 3 is 2.31 bits per heavy atom. The molecule has 1 aromatic carbocycles. The Morgan fingerprint density at radius 1 is 1.14 bits per heavy atom. The minimum atomic E-state index is -5.00. The molecular formula is C19H25F3N2O4S. The summed E-state index contributed by atoms with van der Waals surface area (Å²) in [6.07, 6.45) is -1.75. The first-order valence-corrected chi connectivity index (χ1v) is 11.1. The third kappa shape index (κ3) is 4.50. The quantitative estimate of drug-likeness (QED) is 0.644. The van der Waals surface area contributed by atoms with Gasteiger partial charge < -0.3 is 9.64 Å². The lowest BCUT2D eigenvalue weighted by Gasteiger charge is -2.42. The third-order valence-electron chi connectivity index (χ3n) is 5.55. The molecule has 0 amide bonds. The zero-order valence-electron chi connectivity index (χ0n) is 16.2. The van der Waals surface area contributed by atoms with E-state index in [1.165, 1.54) is 4.31 Å².